The van der Waals surface area contributed by atoms with E-state index < -0.39 is 118 Å². The fourth-order valence-corrected chi connectivity index (χ4v) is 27.8. The maximum Gasteiger partial charge on any atom is 0.270 e. The van der Waals surface area contributed by atoms with E-state index >= 15 is 0 Å². The van der Waals surface area contributed by atoms with Crippen molar-refractivity contribution < 1.29 is 75.1 Å². The van der Waals surface area contributed by atoms with Crippen LogP contribution in [0.15, 0.2) is 24.3 Å². The lowest BCUT2D eigenvalue weighted by molar-refractivity contribution is -0.128. The summed E-state index contributed by atoms with van der Waals surface area (Å²) in [6.45, 7) is 19.4. The van der Waals surface area contributed by atoms with Crippen LogP contribution in [-0.4, -0.2) is 114 Å². The van der Waals surface area contributed by atoms with E-state index in [4.69, 9.17) is 0 Å². The number of hydrogen-bond acceptors (Lipinski definition) is 12. The highest BCUT2D eigenvalue weighted by molar-refractivity contribution is 7.90. The molecule has 0 saturated heterocycles. The smallest absolute Gasteiger partial charge is 0.270 e. The van der Waals surface area contributed by atoms with E-state index in [0.717, 1.165) is 64.2 Å². The minimum absolute atomic E-state index is 0.0642. The van der Waals surface area contributed by atoms with Gasteiger partial charge in [-0.3, -0.25) is 22.8 Å². The molecule has 7 N–H and O–H groups in total. The molecule has 9 saturated carbocycles. The number of allylic oxidation sites excluding steroid dienone is 2. The molecule has 0 aromatic heterocycles. The molecule has 5 unspecified atom stereocenters. The van der Waals surface area contributed by atoms with E-state index in [1.807, 2.05) is 13.0 Å². The van der Waals surface area contributed by atoms with Crippen LogP contribution in [0.25, 0.3) is 0 Å². The van der Waals surface area contributed by atoms with Gasteiger partial charge in [-0.25, -0.2) is 0 Å². The highest BCUT2D eigenvalue weighted by atomic mass is 32.2. The molecule has 76 heavy (non-hydrogen) atoms. The molecular weight excluding hydrogens is 1080 g/mol. The Balaban J connectivity index is 0.870. The molecule has 0 aliphatic heterocycles. The van der Waals surface area contributed by atoms with Crippen molar-refractivity contribution in [3.05, 3.63) is 24.3 Å². The second-order valence-corrected chi connectivity index (χ2v) is 36.3. The zero-order valence-corrected chi connectivity index (χ0v) is 49.5. The lowest BCUT2D eigenvalue weighted by Gasteiger charge is -2.63. The Labute approximate surface area is 453 Å². The highest BCUT2D eigenvalue weighted by Gasteiger charge is 2.69. The van der Waals surface area contributed by atoms with Gasteiger partial charge in [0.25, 0.3) is 50.6 Å². The third-order valence-electron chi connectivity index (χ3n) is 25.1. The van der Waals surface area contributed by atoms with Crippen LogP contribution in [0.5, 0.6) is 0 Å². The number of fused-ring (bicyclic) bond motifs is 10. The maximum atomic E-state index is 13.2. The molecule has 9 rings (SSSR count). The first kappa shape index (κ1) is 59.6. The van der Waals surface area contributed by atoms with E-state index in [-0.39, 0.29) is 108 Å². The van der Waals surface area contributed by atoms with Crippen LogP contribution >= 0.6 is 0 Å². The molecule has 0 spiro atoms. The summed E-state index contributed by atoms with van der Waals surface area (Å²) >= 11 is 0. The molecule has 0 heterocycles. The minimum atomic E-state index is -5.01. The van der Waals surface area contributed by atoms with Gasteiger partial charge in [-0.15, -0.1) is 0 Å². The van der Waals surface area contributed by atoms with Crippen molar-refractivity contribution in [2.75, 3.05) is 0 Å². The molecule has 436 valence electrons. The van der Waals surface area contributed by atoms with Crippen LogP contribution in [0.2, 0.25) is 0 Å². The SMILES string of the molecule is C=C1CCC(C)(/C=C/C(O)[C@@H](C)[C@H]2CC[C@H]3[C@@H]4C[C@H](S(=O)(=O)O)C5C[C@@H](O)[C@@H](S(=O)(=O)O)C[C@]5(C)[C@H]4CC[C@]23C)C1CC[C@@H](C)[C@H]1CC[C@H]2[C@@H]3C[C@H](S(=O)(=O)O)C4C[C@@H](S(=O)(=O)O)[C@@H](S(=O)(=O)O)C[C@]4(C)[C@H]3CC[C@]12C. The van der Waals surface area contributed by atoms with Crippen molar-refractivity contribution in [3.8, 4) is 0 Å². The van der Waals surface area contributed by atoms with Gasteiger partial charge < -0.3 is 10.2 Å². The standard InChI is InChI=1S/C54H88O17S5/c1-29(35-11-13-37-32-24-46(73(60,61)62)42-26-47(74(63,64)65)49(76(69,70)71)28-54(42,8)40(32)16-21-51(35,37)5)9-10-34-30(2)15-19-50(34,4)20-18-43(55)31(3)36-12-14-38-33-23-45(72(57,58)59)41-25-44(56)48(75(66,67)68)27-53(41,7)39(33)17-22-52(36,38)6/h18,20,29,31-49,55-56H,2,9-17,19,21-28H2,1,3-8H3,(H,57,58,59)(H,60,61,62)(H,63,64,65)(H,66,67,68)(H,69,70,71)/b20-18+/t29-,31+,32+,33+,34?,35-,36-,37+,38+,39+,40+,41?,42?,43?,44-,45+,46+,47-,48+,49+,50?,51-,52-,53-,54-/m1/s1. The van der Waals surface area contributed by atoms with Crippen molar-refractivity contribution in [2.45, 2.75) is 202 Å². The van der Waals surface area contributed by atoms with Crippen molar-refractivity contribution >= 4 is 50.6 Å². The van der Waals surface area contributed by atoms with Crippen LogP contribution in [-0.2, 0) is 50.6 Å². The Morgan fingerprint density at radius 1 is 0.539 bits per heavy atom. The number of hydrogen-bond donors (Lipinski definition) is 7. The first-order valence-electron chi connectivity index (χ1n) is 28.3. The van der Waals surface area contributed by atoms with Crippen LogP contribution in [0.1, 0.15) is 164 Å². The zero-order chi connectivity index (χ0) is 56.3. The molecule has 0 bridgehead atoms. The Hall–Kier alpha value is -1.05. The zero-order valence-electron chi connectivity index (χ0n) is 45.4. The van der Waals surface area contributed by atoms with Crippen LogP contribution in [0, 0.1) is 104 Å². The monoisotopic (exact) mass is 1170 g/mol. The van der Waals surface area contributed by atoms with Gasteiger partial charge in [0.1, 0.15) is 15.7 Å². The number of aliphatic hydroxyl groups is 2. The molecule has 9 aliphatic carbocycles. The average molecular weight is 1170 g/mol. The minimum Gasteiger partial charge on any atom is -0.392 e. The molecule has 22 heteroatoms. The van der Waals surface area contributed by atoms with Gasteiger partial charge in [-0.2, -0.15) is 42.1 Å². The summed E-state index contributed by atoms with van der Waals surface area (Å²) in [6.07, 6.45) is 11.0. The van der Waals surface area contributed by atoms with Gasteiger partial charge in [0, 0.05) is 0 Å². The second-order valence-electron chi connectivity index (χ2n) is 28.1. The lowest BCUT2D eigenvalue weighted by atomic mass is 9.44. The average Bonchev–Trinajstić information content (AvgIpc) is 3.93. The van der Waals surface area contributed by atoms with Gasteiger partial charge in [-0.05, 0) is 220 Å². The topological polar surface area (TPSA) is 312 Å². The van der Waals surface area contributed by atoms with E-state index in [0.29, 0.717) is 18.8 Å². The molecule has 25 atom stereocenters. The number of aliphatic hydroxyl groups excluding tert-OH is 2. The quantitative estimate of drug-likeness (QED) is 0.0673. The summed E-state index contributed by atoms with van der Waals surface area (Å²) in [6, 6.07) is 0. The first-order chi connectivity index (χ1) is 34.7. The largest absolute Gasteiger partial charge is 0.392 e. The van der Waals surface area contributed by atoms with Crippen molar-refractivity contribution in [1.29, 1.82) is 0 Å². The maximum absolute atomic E-state index is 13.2. The summed E-state index contributed by atoms with van der Waals surface area (Å²) < 4.78 is 180. The summed E-state index contributed by atoms with van der Waals surface area (Å²) in [5.74, 6) is -1.40. The predicted molar refractivity (Wildman–Crippen MR) is 287 cm³/mol. The third kappa shape index (κ3) is 9.84. The van der Waals surface area contributed by atoms with E-state index in [2.05, 4.69) is 47.3 Å². The molecule has 0 aromatic rings. The van der Waals surface area contributed by atoms with E-state index in [1.165, 1.54) is 5.57 Å². The normalized spacial score (nSPS) is 49.2. The Morgan fingerprint density at radius 2 is 0.974 bits per heavy atom. The summed E-state index contributed by atoms with van der Waals surface area (Å²) in [7, 11) is -23.9. The Bertz CT molecular complexity index is 2890. The first-order valence-corrected chi connectivity index (χ1v) is 35.8. The van der Waals surface area contributed by atoms with Crippen LogP contribution in [0.3, 0.4) is 0 Å². The van der Waals surface area contributed by atoms with Gasteiger partial charge in [0.2, 0.25) is 0 Å². The fraction of sp³-hybridized carbons (Fsp3) is 0.926. The molecule has 0 radical (unpaired) electrons. The third-order valence-corrected chi connectivity index (χ3v) is 31.6. The summed E-state index contributed by atoms with van der Waals surface area (Å²) in [5, 5.41) is 15.2. The molecule has 0 amide bonds. The number of rotatable bonds is 13. The lowest BCUT2D eigenvalue weighted by Crippen LogP contribution is -2.63. The molecule has 17 nitrogen and oxygen atoms in total. The van der Waals surface area contributed by atoms with Crippen LogP contribution in [0.4, 0.5) is 0 Å². The van der Waals surface area contributed by atoms with Gasteiger partial charge in [0.15, 0.2) is 0 Å². The van der Waals surface area contributed by atoms with Gasteiger partial charge >= 0.3 is 0 Å². The Kier molecular flexibility index (Phi) is 15.3. The molecule has 0 aromatic carbocycles. The fourth-order valence-electron chi connectivity index (χ4n) is 21.3. The van der Waals surface area contributed by atoms with Crippen LogP contribution < -0.4 is 0 Å². The second kappa shape index (κ2) is 19.5. The summed E-state index contributed by atoms with van der Waals surface area (Å²) in [4.78, 5) is 0. The van der Waals surface area contributed by atoms with E-state index in [1.54, 1.807) is 6.92 Å². The van der Waals surface area contributed by atoms with E-state index in [9.17, 15) is 75.1 Å². The van der Waals surface area contributed by atoms with Gasteiger partial charge in [-0.1, -0.05) is 72.8 Å². The predicted octanol–water partition coefficient (Wildman–Crippen LogP) is 8.33. The highest BCUT2D eigenvalue weighted by Crippen LogP contribution is 2.71. The van der Waals surface area contributed by atoms with Crippen molar-refractivity contribution in [1.82, 2.24) is 0 Å². The van der Waals surface area contributed by atoms with Crippen molar-refractivity contribution in [3.63, 3.8) is 0 Å². The van der Waals surface area contributed by atoms with Gasteiger partial charge in [0.05, 0.1) is 22.7 Å². The molecule has 9 fully saturated rings. The summed E-state index contributed by atoms with van der Waals surface area (Å²) in [5.41, 5.74) is -1.45. The molecule has 9 aliphatic rings. The molecular formula is C54H88O17S5. The Morgan fingerprint density at radius 3 is 1.46 bits per heavy atom. The van der Waals surface area contributed by atoms with Crippen molar-refractivity contribution in [2.24, 2.45) is 104 Å².